The van der Waals surface area contributed by atoms with Crippen LogP contribution in [0.3, 0.4) is 0 Å². The zero-order valence-corrected chi connectivity index (χ0v) is 14.7. The van der Waals surface area contributed by atoms with E-state index in [1.165, 1.54) is 25.8 Å². The van der Waals surface area contributed by atoms with Crippen molar-refractivity contribution in [2.75, 3.05) is 20.2 Å². The molecule has 140 valence electrons. The van der Waals surface area contributed by atoms with Crippen LogP contribution in [0.5, 0.6) is 11.8 Å². The standard InChI is InChI=1S/C18H18N4O5/c1-24-16-17(20-7-6-19-16)26-12-4-2-8-22(11-12)18(23)13-10-15(27-21-13)14-5-3-9-25-14/h3,5-7,9-10,12H,2,4,8,11H2,1H3. The number of ether oxygens (including phenoxy) is 2. The van der Waals surface area contributed by atoms with Crippen molar-refractivity contribution in [3.05, 3.63) is 42.5 Å². The largest absolute Gasteiger partial charge is 0.477 e. The van der Waals surface area contributed by atoms with Gasteiger partial charge in [-0.1, -0.05) is 5.16 Å². The number of nitrogens with zero attached hydrogens (tertiary/aromatic N) is 4. The maximum absolute atomic E-state index is 12.8. The van der Waals surface area contributed by atoms with E-state index in [1.54, 1.807) is 23.1 Å². The molecule has 0 radical (unpaired) electrons. The molecule has 0 aliphatic carbocycles. The van der Waals surface area contributed by atoms with E-state index in [0.29, 0.717) is 36.4 Å². The lowest BCUT2D eigenvalue weighted by molar-refractivity contribution is 0.0510. The second-order valence-corrected chi connectivity index (χ2v) is 6.06. The van der Waals surface area contributed by atoms with Crippen molar-refractivity contribution in [3.63, 3.8) is 0 Å². The minimum atomic E-state index is -0.212. The molecule has 1 aliphatic heterocycles. The summed E-state index contributed by atoms with van der Waals surface area (Å²) in [5, 5.41) is 3.87. The molecule has 1 atom stereocenters. The number of aromatic nitrogens is 3. The summed E-state index contributed by atoms with van der Waals surface area (Å²) < 4.78 is 21.5. The van der Waals surface area contributed by atoms with Crippen molar-refractivity contribution in [1.29, 1.82) is 0 Å². The van der Waals surface area contributed by atoms with Gasteiger partial charge in [-0.25, -0.2) is 9.97 Å². The summed E-state index contributed by atoms with van der Waals surface area (Å²) in [4.78, 5) is 22.7. The Labute approximate surface area is 154 Å². The van der Waals surface area contributed by atoms with Crippen molar-refractivity contribution in [1.82, 2.24) is 20.0 Å². The highest BCUT2D eigenvalue weighted by Gasteiger charge is 2.29. The minimum absolute atomic E-state index is 0.204. The highest BCUT2D eigenvalue weighted by Crippen LogP contribution is 2.25. The van der Waals surface area contributed by atoms with Gasteiger partial charge in [0.1, 0.15) is 6.10 Å². The fourth-order valence-corrected chi connectivity index (χ4v) is 2.98. The van der Waals surface area contributed by atoms with Gasteiger partial charge in [-0.2, -0.15) is 0 Å². The number of piperidine rings is 1. The van der Waals surface area contributed by atoms with Gasteiger partial charge in [-0.3, -0.25) is 4.79 Å². The van der Waals surface area contributed by atoms with Crippen LogP contribution in [-0.2, 0) is 0 Å². The average Bonchev–Trinajstić information content (AvgIpc) is 3.40. The van der Waals surface area contributed by atoms with Gasteiger partial charge in [-0.05, 0) is 25.0 Å². The number of methoxy groups -OCH3 is 1. The lowest BCUT2D eigenvalue weighted by atomic mass is 10.1. The van der Waals surface area contributed by atoms with E-state index < -0.39 is 0 Å². The third-order valence-electron chi connectivity index (χ3n) is 4.26. The Bertz CT molecular complexity index is 908. The smallest absolute Gasteiger partial charge is 0.278 e. The SMILES string of the molecule is COc1nccnc1OC1CCCN(C(=O)c2cc(-c3ccco3)on2)C1. The zero-order chi connectivity index (χ0) is 18.6. The number of amides is 1. The van der Waals surface area contributed by atoms with Crippen LogP contribution in [0.4, 0.5) is 0 Å². The molecule has 1 aliphatic rings. The van der Waals surface area contributed by atoms with E-state index in [9.17, 15) is 4.79 Å². The zero-order valence-electron chi connectivity index (χ0n) is 14.7. The molecule has 0 N–H and O–H groups in total. The second kappa shape index (κ2) is 7.48. The van der Waals surface area contributed by atoms with E-state index >= 15 is 0 Å². The van der Waals surface area contributed by atoms with Crippen LogP contribution in [0.1, 0.15) is 23.3 Å². The molecule has 1 fully saturated rings. The van der Waals surface area contributed by atoms with Gasteiger partial charge < -0.3 is 23.3 Å². The van der Waals surface area contributed by atoms with Crippen LogP contribution in [0.15, 0.2) is 45.8 Å². The molecule has 4 rings (SSSR count). The van der Waals surface area contributed by atoms with Crippen molar-refractivity contribution >= 4 is 5.91 Å². The summed E-state index contributed by atoms with van der Waals surface area (Å²) in [5.41, 5.74) is 0.235. The van der Waals surface area contributed by atoms with Crippen molar-refractivity contribution < 1.29 is 23.2 Å². The van der Waals surface area contributed by atoms with Gasteiger partial charge in [-0.15, -0.1) is 0 Å². The quantitative estimate of drug-likeness (QED) is 0.674. The number of hydrogen-bond donors (Lipinski definition) is 0. The molecule has 27 heavy (non-hydrogen) atoms. The Hall–Kier alpha value is -3.36. The Morgan fingerprint density at radius 3 is 2.89 bits per heavy atom. The van der Waals surface area contributed by atoms with Gasteiger partial charge in [0.15, 0.2) is 11.5 Å². The maximum atomic E-state index is 12.8. The third kappa shape index (κ3) is 3.62. The van der Waals surface area contributed by atoms with Crippen LogP contribution in [0.25, 0.3) is 11.5 Å². The summed E-state index contributed by atoms with van der Waals surface area (Å²) in [6.07, 6.45) is 6.01. The average molecular weight is 370 g/mol. The molecule has 9 nitrogen and oxygen atoms in total. The molecule has 1 saturated heterocycles. The summed E-state index contributed by atoms with van der Waals surface area (Å²) in [6, 6.07) is 5.07. The van der Waals surface area contributed by atoms with E-state index in [0.717, 1.165) is 12.8 Å². The fraction of sp³-hybridized carbons (Fsp3) is 0.333. The second-order valence-electron chi connectivity index (χ2n) is 6.06. The Balaban J connectivity index is 1.44. The first-order chi connectivity index (χ1) is 13.2. The first-order valence-electron chi connectivity index (χ1n) is 8.56. The lowest BCUT2D eigenvalue weighted by Gasteiger charge is -2.32. The van der Waals surface area contributed by atoms with E-state index in [-0.39, 0.29) is 17.7 Å². The highest BCUT2D eigenvalue weighted by atomic mass is 16.5. The summed E-state index contributed by atoms with van der Waals surface area (Å²) in [5.74, 6) is 1.37. The maximum Gasteiger partial charge on any atom is 0.278 e. The third-order valence-corrected chi connectivity index (χ3v) is 4.26. The van der Waals surface area contributed by atoms with Crippen LogP contribution >= 0.6 is 0 Å². The van der Waals surface area contributed by atoms with Crippen molar-refractivity contribution in [2.24, 2.45) is 0 Å². The summed E-state index contributed by atoms with van der Waals surface area (Å²) >= 11 is 0. The summed E-state index contributed by atoms with van der Waals surface area (Å²) in [6.45, 7) is 1.04. The molecule has 0 bridgehead atoms. The lowest BCUT2D eigenvalue weighted by Crippen LogP contribution is -2.44. The molecule has 0 saturated carbocycles. The van der Waals surface area contributed by atoms with Crippen LogP contribution in [0, 0.1) is 0 Å². The molecule has 1 amide bonds. The number of furan rings is 1. The first-order valence-corrected chi connectivity index (χ1v) is 8.56. The number of rotatable bonds is 5. The first kappa shape index (κ1) is 17.1. The monoisotopic (exact) mass is 370 g/mol. The predicted octanol–water partition coefficient (Wildman–Crippen LogP) is 2.42. The fourth-order valence-electron chi connectivity index (χ4n) is 2.98. The molecular weight excluding hydrogens is 352 g/mol. The van der Waals surface area contributed by atoms with Crippen LogP contribution < -0.4 is 9.47 Å². The van der Waals surface area contributed by atoms with Gasteiger partial charge in [0.05, 0.1) is 19.9 Å². The van der Waals surface area contributed by atoms with Crippen LogP contribution in [0.2, 0.25) is 0 Å². The molecular formula is C18H18N4O5. The number of hydrogen-bond acceptors (Lipinski definition) is 8. The number of carbonyl (C=O) groups excluding carboxylic acids is 1. The van der Waals surface area contributed by atoms with E-state index in [2.05, 4.69) is 15.1 Å². The van der Waals surface area contributed by atoms with E-state index in [4.69, 9.17) is 18.4 Å². The Morgan fingerprint density at radius 1 is 1.26 bits per heavy atom. The van der Waals surface area contributed by atoms with Gasteiger partial charge in [0.25, 0.3) is 17.7 Å². The Morgan fingerprint density at radius 2 is 2.11 bits per heavy atom. The van der Waals surface area contributed by atoms with Gasteiger partial charge in [0, 0.05) is 25.0 Å². The molecule has 9 heteroatoms. The summed E-state index contributed by atoms with van der Waals surface area (Å²) in [7, 11) is 1.51. The molecule has 3 aromatic rings. The predicted molar refractivity (Wildman–Crippen MR) is 92.3 cm³/mol. The topological polar surface area (TPSA) is 104 Å². The van der Waals surface area contributed by atoms with Crippen LogP contribution in [-0.4, -0.2) is 52.2 Å². The van der Waals surface area contributed by atoms with Gasteiger partial charge >= 0.3 is 0 Å². The number of likely N-dealkylation sites (tertiary alicyclic amines) is 1. The van der Waals surface area contributed by atoms with Gasteiger partial charge in [0.2, 0.25) is 5.76 Å². The normalized spacial score (nSPS) is 16.9. The molecule has 0 spiro atoms. The van der Waals surface area contributed by atoms with Crippen molar-refractivity contribution in [3.8, 4) is 23.3 Å². The molecule has 3 aromatic heterocycles. The van der Waals surface area contributed by atoms with Crippen molar-refractivity contribution in [2.45, 2.75) is 18.9 Å². The number of carbonyl (C=O) groups is 1. The molecule has 4 heterocycles. The Kier molecular flexibility index (Phi) is 4.73. The van der Waals surface area contributed by atoms with E-state index in [1.807, 2.05) is 0 Å². The minimum Gasteiger partial charge on any atom is -0.477 e. The molecule has 1 unspecified atom stereocenters. The molecule has 0 aromatic carbocycles. The highest BCUT2D eigenvalue weighted by molar-refractivity contribution is 5.93.